The van der Waals surface area contributed by atoms with Gasteiger partial charge in [-0.25, -0.2) is 0 Å². The summed E-state index contributed by atoms with van der Waals surface area (Å²) in [5, 5.41) is 13.6. The van der Waals surface area contributed by atoms with Gasteiger partial charge in [0.2, 0.25) is 4.96 Å². The van der Waals surface area contributed by atoms with E-state index in [4.69, 9.17) is 10.5 Å². The molecule has 0 bridgehead atoms. The second-order valence-corrected chi connectivity index (χ2v) is 5.30. The number of benzene rings is 1. The summed E-state index contributed by atoms with van der Waals surface area (Å²) in [5.74, 6) is 1.48. The molecule has 1 aromatic carbocycles. The van der Waals surface area contributed by atoms with Crippen LogP contribution in [0.5, 0.6) is 5.75 Å². The van der Waals surface area contributed by atoms with Crippen LogP contribution in [0.1, 0.15) is 18.4 Å². The van der Waals surface area contributed by atoms with Crippen LogP contribution in [0.3, 0.4) is 0 Å². The lowest BCUT2D eigenvalue weighted by Gasteiger charge is -2.08. The maximum Gasteiger partial charge on any atom is 0.235 e. The zero-order valence-electron chi connectivity index (χ0n) is 11.1. The minimum atomic E-state index is 0.404. The van der Waals surface area contributed by atoms with Crippen LogP contribution in [0.15, 0.2) is 24.3 Å². The molecular weight excluding hydrogens is 274 g/mol. The lowest BCUT2D eigenvalue weighted by molar-refractivity contribution is 0.318. The number of para-hydroxylation sites is 1. The van der Waals surface area contributed by atoms with Crippen LogP contribution < -0.4 is 10.5 Å². The van der Waals surface area contributed by atoms with Crippen molar-refractivity contribution in [3.63, 3.8) is 0 Å². The van der Waals surface area contributed by atoms with Crippen molar-refractivity contribution in [2.24, 2.45) is 5.73 Å². The molecule has 2 N–H and O–H groups in total. The normalized spacial score (nSPS) is 11.1. The van der Waals surface area contributed by atoms with Gasteiger partial charge in [0.05, 0.1) is 12.2 Å². The van der Waals surface area contributed by atoms with Crippen molar-refractivity contribution < 1.29 is 4.74 Å². The molecule has 2 aromatic heterocycles. The number of rotatable bonds is 5. The summed E-state index contributed by atoms with van der Waals surface area (Å²) in [6.07, 6.45) is 0.956. The average Bonchev–Trinajstić information content (AvgIpc) is 3.05. The zero-order chi connectivity index (χ0) is 13.9. The van der Waals surface area contributed by atoms with Crippen LogP contribution in [-0.2, 0) is 6.54 Å². The molecule has 0 aliphatic heterocycles. The summed E-state index contributed by atoms with van der Waals surface area (Å²) in [5.41, 5.74) is 6.51. The molecule has 0 aliphatic carbocycles. The van der Waals surface area contributed by atoms with E-state index in [1.165, 1.54) is 11.3 Å². The summed E-state index contributed by atoms with van der Waals surface area (Å²) in [4.78, 5) is 0.741. The predicted molar refractivity (Wildman–Crippen MR) is 77.8 cm³/mol. The summed E-state index contributed by atoms with van der Waals surface area (Å²) in [6.45, 7) is 3.15. The van der Waals surface area contributed by atoms with Crippen molar-refractivity contribution in [2.45, 2.75) is 19.9 Å². The molecule has 0 spiro atoms. The smallest absolute Gasteiger partial charge is 0.235 e. The van der Waals surface area contributed by atoms with E-state index in [-0.39, 0.29) is 0 Å². The standard InChI is InChI=1S/C13H15N5OS/c1-2-7-19-10-6-4-3-5-9(10)12-15-16-13-18(12)17-11(8-14)20-13/h3-6H,2,7-8,14H2,1H3. The second-order valence-electron chi connectivity index (χ2n) is 4.26. The molecule has 0 fully saturated rings. The number of nitrogens with zero attached hydrogens (tertiary/aromatic N) is 4. The molecule has 6 nitrogen and oxygen atoms in total. The first kappa shape index (κ1) is 13.0. The fourth-order valence-corrected chi connectivity index (χ4v) is 2.61. The molecule has 3 rings (SSSR count). The van der Waals surface area contributed by atoms with E-state index in [9.17, 15) is 0 Å². The fraction of sp³-hybridized carbons (Fsp3) is 0.308. The number of aromatic nitrogens is 4. The Bertz CT molecular complexity index is 720. The van der Waals surface area contributed by atoms with Crippen molar-refractivity contribution in [3.05, 3.63) is 29.3 Å². The monoisotopic (exact) mass is 289 g/mol. The van der Waals surface area contributed by atoms with Crippen LogP contribution in [0, 0.1) is 0 Å². The highest BCUT2D eigenvalue weighted by molar-refractivity contribution is 7.16. The molecular formula is C13H15N5OS. The molecule has 0 amide bonds. The van der Waals surface area contributed by atoms with Gasteiger partial charge < -0.3 is 10.5 Å². The van der Waals surface area contributed by atoms with E-state index >= 15 is 0 Å². The maximum absolute atomic E-state index is 5.76. The summed E-state index contributed by atoms with van der Waals surface area (Å²) < 4.78 is 7.49. The lowest BCUT2D eigenvalue weighted by Crippen LogP contribution is -2.00. The lowest BCUT2D eigenvalue weighted by atomic mass is 10.2. The van der Waals surface area contributed by atoms with Gasteiger partial charge in [0.1, 0.15) is 10.8 Å². The molecule has 20 heavy (non-hydrogen) atoms. The quantitative estimate of drug-likeness (QED) is 0.778. The predicted octanol–water partition coefficient (Wildman–Crippen LogP) is 2.10. The molecule has 0 aliphatic rings. The summed E-state index contributed by atoms with van der Waals surface area (Å²) >= 11 is 1.45. The molecule has 7 heteroatoms. The van der Waals surface area contributed by atoms with Gasteiger partial charge in [-0.2, -0.15) is 9.61 Å². The topological polar surface area (TPSA) is 78.3 Å². The van der Waals surface area contributed by atoms with Gasteiger partial charge in [-0.3, -0.25) is 0 Å². The third-order valence-electron chi connectivity index (χ3n) is 2.80. The molecule has 2 heterocycles. The van der Waals surface area contributed by atoms with E-state index in [1.54, 1.807) is 4.52 Å². The molecule has 0 saturated heterocycles. The van der Waals surface area contributed by atoms with E-state index in [0.29, 0.717) is 19.0 Å². The number of ether oxygens (including phenoxy) is 1. The first-order valence-corrected chi connectivity index (χ1v) is 7.28. The minimum absolute atomic E-state index is 0.404. The first-order chi connectivity index (χ1) is 9.83. The van der Waals surface area contributed by atoms with Gasteiger partial charge in [-0.15, -0.1) is 10.2 Å². The van der Waals surface area contributed by atoms with E-state index < -0.39 is 0 Å². The molecule has 104 valence electrons. The number of hydrogen-bond donors (Lipinski definition) is 1. The molecule has 0 unspecified atom stereocenters. The number of nitrogens with two attached hydrogens (primary N) is 1. The van der Waals surface area contributed by atoms with Gasteiger partial charge in [-0.05, 0) is 18.6 Å². The Morgan fingerprint density at radius 1 is 1.30 bits per heavy atom. The van der Waals surface area contributed by atoms with Gasteiger partial charge in [0, 0.05) is 6.54 Å². The Morgan fingerprint density at radius 2 is 2.15 bits per heavy atom. The van der Waals surface area contributed by atoms with Crippen LogP contribution >= 0.6 is 11.3 Å². The maximum atomic E-state index is 5.76. The molecule has 3 aromatic rings. The SMILES string of the molecule is CCCOc1ccccc1-c1nnc2sc(CN)nn12. The van der Waals surface area contributed by atoms with Crippen LogP contribution in [0.25, 0.3) is 16.3 Å². The fourth-order valence-electron chi connectivity index (χ4n) is 1.90. The Balaban J connectivity index is 2.08. The Morgan fingerprint density at radius 3 is 2.95 bits per heavy atom. The largest absolute Gasteiger partial charge is 0.493 e. The van der Waals surface area contributed by atoms with Gasteiger partial charge in [0.25, 0.3) is 0 Å². The van der Waals surface area contributed by atoms with Crippen molar-refractivity contribution in [3.8, 4) is 17.1 Å². The molecule has 0 radical (unpaired) electrons. The van der Waals surface area contributed by atoms with Crippen molar-refractivity contribution in [1.29, 1.82) is 0 Å². The van der Waals surface area contributed by atoms with Gasteiger partial charge in [0.15, 0.2) is 5.82 Å². The van der Waals surface area contributed by atoms with Gasteiger partial charge in [-0.1, -0.05) is 30.4 Å². The third kappa shape index (κ3) is 2.25. The van der Waals surface area contributed by atoms with E-state index in [0.717, 1.165) is 27.7 Å². The van der Waals surface area contributed by atoms with Crippen LogP contribution in [-0.4, -0.2) is 26.4 Å². The Hall–Kier alpha value is -1.99. The highest BCUT2D eigenvalue weighted by Gasteiger charge is 2.16. The number of fused-ring (bicyclic) bond motifs is 1. The van der Waals surface area contributed by atoms with Gasteiger partial charge >= 0.3 is 0 Å². The second kappa shape index (κ2) is 5.56. The minimum Gasteiger partial charge on any atom is -0.493 e. The molecule has 0 saturated carbocycles. The Kier molecular flexibility index (Phi) is 3.62. The zero-order valence-corrected chi connectivity index (χ0v) is 11.9. The van der Waals surface area contributed by atoms with E-state index in [1.807, 2.05) is 24.3 Å². The van der Waals surface area contributed by atoms with Crippen LogP contribution in [0.2, 0.25) is 0 Å². The first-order valence-electron chi connectivity index (χ1n) is 6.47. The van der Waals surface area contributed by atoms with Crippen molar-refractivity contribution >= 4 is 16.3 Å². The third-order valence-corrected chi connectivity index (χ3v) is 3.72. The van der Waals surface area contributed by atoms with E-state index in [2.05, 4.69) is 22.2 Å². The van der Waals surface area contributed by atoms with Crippen LogP contribution in [0.4, 0.5) is 0 Å². The number of hydrogen-bond acceptors (Lipinski definition) is 6. The molecule has 0 atom stereocenters. The van der Waals surface area contributed by atoms with Crippen molar-refractivity contribution in [2.75, 3.05) is 6.61 Å². The highest BCUT2D eigenvalue weighted by atomic mass is 32.1. The summed E-state index contributed by atoms with van der Waals surface area (Å²) in [6, 6.07) is 7.79. The Labute approximate surface area is 120 Å². The summed E-state index contributed by atoms with van der Waals surface area (Å²) in [7, 11) is 0. The highest BCUT2D eigenvalue weighted by Crippen LogP contribution is 2.29. The average molecular weight is 289 g/mol. The van der Waals surface area contributed by atoms with Crippen molar-refractivity contribution in [1.82, 2.24) is 19.8 Å².